The quantitative estimate of drug-likeness (QED) is 0.415. The number of aryl methyl sites for hydroxylation is 1. The van der Waals surface area contributed by atoms with Crippen LogP contribution in [0.2, 0.25) is 0 Å². The van der Waals surface area contributed by atoms with E-state index in [0.717, 1.165) is 22.0 Å². The summed E-state index contributed by atoms with van der Waals surface area (Å²) in [7, 11) is 0. The summed E-state index contributed by atoms with van der Waals surface area (Å²) in [5, 5.41) is 14.5. The fraction of sp³-hybridized carbons (Fsp3) is 0.0455. The third-order valence-corrected chi connectivity index (χ3v) is 4.46. The number of pyridine rings is 1. The third kappa shape index (κ3) is 3.59. The monoisotopic (exact) mass is 380 g/mol. The van der Waals surface area contributed by atoms with Gasteiger partial charge >= 0.3 is 0 Å². The van der Waals surface area contributed by atoms with E-state index in [1.807, 2.05) is 55.5 Å². The molecular weight excluding hydrogens is 364 g/mol. The first kappa shape index (κ1) is 18.1. The largest absolute Gasteiger partial charge is 0.290 e. The van der Waals surface area contributed by atoms with Crippen molar-refractivity contribution >= 4 is 23.1 Å². The van der Waals surface area contributed by atoms with Crippen molar-refractivity contribution < 1.29 is 0 Å². The number of aromatic amines is 1. The third-order valence-electron chi connectivity index (χ3n) is 4.46. The smallest absolute Gasteiger partial charge is 0.270 e. The first-order valence-electron chi connectivity index (χ1n) is 8.90. The van der Waals surface area contributed by atoms with Crippen LogP contribution in [0.5, 0.6) is 0 Å². The lowest BCUT2D eigenvalue weighted by Crippen LogP contribution is -2.16. The Hall–Kier alpha value is -4.31. The van der Waals surface area contributed by atoms with Crippen LogP contribution in [-0.2, 0) is 0 Å². The highest BCUT2D eigenvalue weighted by atomic mass is 16.1. The number of benzene rings is 2. The molecule has 0 saturated heterocycles. The molecule has 2 heterocycles. The summed E-state index contributed by atoms with van der Waals surface area (Å²) < 4.78 is 0. The topological polar surface area (TPSA) is 107 Å². The average molecular weight is 380 g/mol. The fourth-order valence-electron chi connectivity index (χ4n) is 3.05. The molecule has 0 aliphatic rings. The Morgan fingerprint density at radius 1 is 1.14 bits per heavy atom. The lowest BCUT2D eigenvalue weighted by Gasteiger charge is -2.06. The van der Waals surface area contributed by atoms with Gasteiger partial charge < -0.3 is 0 Å². The van der Waals surface area contributed by atoms with Crippen LogP contribution in [0, 0.1) is 18.3 Å². The van der Waals surface area contributed by atoms with Crippen molar-refractivity contribution in [2.75, 3.05) is 5.43 Å². The minimum Gasteiger partial charge on any atom is -0.290 e. The second-order valence-corrected chi connectivity index (χ2v) is 6.36. The van der Waals surface area contributed by atoms with E-state index in [0.29, 0.717) is 11.3 Å². The van der Waals surface area contributed by atoms with E-state index in [9.17, 15) is 10.1 Å². The molecule has 0 amide bonds. The molecule has 0 aliphatic heterocycles. The molecule has 2 aromatic heterocycles. The molecule has 0 radical (unpaired) electrons. The van der Waals surface area contributed by atoms with Gasteiger partial charge in [0.05, 0.1) is 17.4 Å². The van der Waals surface area contributed by atoms with Crippen molar-refractivity contribution in [3.05, 3.63) is 87.8 Å². The summed E-state index contributed by atoms with van der Waals surface area (Å²) in [6, 6.07) is 18.8. The number of H-pyrrole nitrogens is 1. The van der Waals surface area contributed by atoms with E-state index in [1.165, 1.54) is 0 Å². The molecule has 0 atom stereocenters. The van der Waals surface area contributed by atoms with E-state index in [-0.39, 0.29) is 11.5 Å². The van der Waals surface area contributed by atoms with Gasteiger partial charge in [0.25, 0.3) is 5.56 Å². The molecule has 2 aromatic carbocycles. The first-order chi connectivity index (χ1) is 14.2. The number of hydrogen-bond donors (Lipinski definition) is 2. The molecule has 0 saturated carbocycles. The molecule has 7 nitrogen and oxygen atoms in total. The SMILES string of the molecule is Cc1ccc(C=NNc2nc(-c3ccccc3)c(C#N)c(=O)[nH]2)c2cccnc12. The van der Waals surface area contributed by atoms with Crippen molar-refractivity contribution in [1.82, 2.24) is 15.0 Å². The molecule has 0 unspecified atom stereocenters. The van der Waals surface area contributed by atoms with Crippen LogP contribution in [0.4, 0.5) is 5.95 Å². The first-order valence-corrected chi connectivity index (χ1v) is 8.90. The van der Waals surface area contributed by atoms with Crippen molar-refractivity contribution in [2.24, 2.45) is 5.10 Å². The highest BCUT2D eigenvalue weighted by molar-refractivity contribution is 5.99. The van der Waals surface area contributed by atoms with Crippen molar-refractivity contribution in [3.63, 3.8) is 0 Å². The van der Waals surface area contributed by atoms with Crippen LogP contribution in [0.15, 0.2) is 70.7 Å². The minimum atomic E-state index is -0.524. The zero-order valence-corrected chi connectivity index (χ0v) is 15.5. The van der Waals surface area contributed by atoms with Crippen LogP contribution in [0.3, 0.4) is 0 Å². The Morgan fingerprint density at radius 2 is 1.97 bits per heavy atom. The summed E-state index contributed by atoms with van der Waals surface area (Å²) in [5.74, 6) is 0.152. The predicted molar refractivity (Wildman–Crippen MR) is 113 cm³/mol. The van der Waals surface area contributed by atoms with E-state index in [4.69, 9.17) is 0 Å². The second kappa shape index (κ2) is 7.74. The summed E-state index contributed by atoms with van der Waals surface area (Å²) in [5.41, 5.74) is 6.04. The van der Waals surface area contributed by atoms with Gasteiger partial charge in [-0.1, -0.05) is 48.5 Å². The van der Waals surface area contributed by atoms with E-state index >= 15 is 0 Å². The number of hydrazone groups is 1. The minimum absolute atomic E-state index is 0.0404. The van der Waals surface area contributed by atoms with Gasteiger partial charge in [-0.25, -0.2) is 10.4 Å². The number of nitrogens with one attached hydrogen (secondary N) is 2. The molecular formula is C22H16N6O. The van der Waals surface area contributed by atoms with Gasteiger partial charge in [0.1, 0.15) is 11.6 Å². The maximum Gasteiger partial charge on any atom is 0.270 e. The Kier molecular flexibility index (Phi) is 4.82. The number of rotatable bonds is 4. The lowest BCUT2D eigenvalue weighted by atomic mass is 10.1. The molecule has 29 heavy (non-hydrogen) atoms. The standard InChI is InChI=1S/C22H16N6O/c1-14-9-10-16(17-8-5-11-24-19(14)17)13-25-28-22-26-20(15-6-3-2-4-7-15)18(12-23)21(29)27-22/h2-11,13H,1H3,(H2,26,27,28,29). The van der Waals surface area contributed by atoms with Crippen LogP contribution in [-0.4, -0.2) is 21.2 Å². The van der Waals surface area contributed by atoms with Crippen molar-refractivity contribution in [1.29, 1.82) is 5.26 Å². The number of nitrogens with zero attached hydrogens (tertiary/aromatic N) is 4. The predicted octanol–water partition coefficient (Wildman–Crippen LogP) is 3.61. The average Bonchev–Trinajstić information content (AvgIpc) is 2.76. The Morgan fingerprint density at radius 3 is 2.76 bits per heavy atom. The summed E-state index contributed by atoms with van der Waals surface area (Å²) in [4.78, 5) is 23.6. The Balaban J connectivity index is 1.68. The molecule has 4 rings (SSSR count). The molecule has 0 bridgehead atoms. The molecule has 7 heteroatoms. The van der Waals surface area contributed by atoms with Gasteiger partial charge in [-0.2, -0.15) is 10.4 Å². The van der Waals surface area contributed by atoms with Gasteiger partial charge in [0.2, 0.25) is 5.95 Å². The Bertz CT molecular complexity index is 1320. The zero-order chi connectivity index (χ0) is 20.2. The van der Waals surface area contributed by atoms with Crippen molar-refractivity contribution in [2.45, 2.75) is 6.92 Å². The number of aromatic nitrogens is 3. The van der Waals surface area contributed by atoms with Crippen LogP contribution < -0.4 is 11.0 Å². The van der Waals surface area contributed by atoms with E-state index in [2.05, 4.69) is 25.5 Å². The molecule has 4 aromatic rings. The summed E-state index contributed by atoms with van der Waals surface area (Å²) in [6.45, 7) is 2.00. The molecule has 2 N–H and O–H groups in total. The summed E-state index contributed by atoms with van der Waals surface area (Å²) >= 11 is 0. The molecule has 140 valence electrons. The van der Waals surface area contributed by atoms with Gasteiger partial charge in [0.15, 0.2) is 0 Å². The maximum absolute atomic E-state index is 12.3. The fourth-order valence-corrected chi connectivity index (χ4v) is 3.05. The van der Waals surface area contributed by atoms with E-state index < -0.39 is 5.56 Å². The van der Waals surface area contributed by atoms with Crippen molar-refractivity contribution in [3.8, 4) is 17.3 Å². The summed E-state index contributed by atoms with van der Waals surface area (Å²) in [6.07, 6.45) is 3.40. The zero-order valence-electron chi connectivity index (χ0n) is 15.5. The number of anilines is 1. The molecule has 0 aliphatic carbocycles. The normalized spacial score (nSPS) is 10.9. The number of hydrogen-bond acceptors (Lipinski definition) is 6. The maximum atomic E-state index is 12.3. The van der Waals surface area contributed by atoms with Crippen LogP contribution in [0.25, 0.3) is 22.2 Å². The van der Waals surface area contributed by atoms with Crippen LogP contribution >= 0.6 is 0 Å². The second-order valence-electron chi connectivity index (χ2n) is 6.36. The van der Waals surface area contributed by atoms with Gasteiger partial charge in [-0.05, 0) is 18.6 Å². The highest BCUT2D eigenvalue weighted by Crippen LogP contribution is 2.20. The van der Waals surface area contributed by atoms with Gasteiger partial charge in [0, 0.05) is 22.7 Å². The highest BCUT2D eigenvalue weighted by Gasteiger charge is 2.12. The lowest BCUT2D eigenvalue weighted by molar-refractivity contribution is 1.08. The molecule has 0 fully saturated rings. The number of fused-ring (bicyclic) bond motifs is 1. The Labute approximate surface area is 166 Å². The van der Waals surface area contributed by atoms with E-state index in [1.54, 1.807) is 24.5 Å². The van der Waals surface area contributed by atoms with Gasteiger partial charge in [-0.3, -0.25) is 14.8 Å². The number of nitriles is 1. The van der Waals surface area contributed by atoms with Crippen LogP contribution in [0.1, 0.15) is 16.7 Å². The van der Waals surface area contributed by atoms with Gasteiger partial charge in [-0.15, -0.1) is 0 Å². The molecule has 0 spiro atoms.